The van der Waals surface area contributed by atoms with Crippen LogP contribution in [0.2, 0.25) is 0 Å². The predicted molar refractivity (Wildman–Crippen MR) is 105 cm³/mol. The van der Waals surface area contributed by atoms with Gasteiger partial charge in [0.1, 0.15) is 0 Å². The number of methoxy groups -OCH3 is 1. The first kappa shape index (κ1) is 20.4. The number of ether oxygens (including phenoxy) is 1. The van der Waals surface area contributed by atoms with Crippen molar-refractivity contribution in [1.82, 2.24) is 0 Å². The van der Waals surface area contributed by atoms with Crippen molar-refractivity contribution >= 4 is 5.57 Å². The Kier molecular flexibility index (Phi) is 7.81. The van der Waals surface area contributed by atoms with Crippen LogP contribution >= 0.6 is 0 Å². The van der Waals surface area contributed by atoms with Crippen LogP contribution in [-0.2, 0) is 21.8 Å². The Bertz CT molecular complexity index is 906. The molecule has 1 aliphatic rings. The molecule has 0 N–H and O–H groups in total. The van der Waals surface area contributed by atoms with Gasteiger partial charge in [-0.2, -0.15) is 23.8 Å². The molecule has 0 spiro atoms. The van der Waals surface area contributed by atoms with Gasteiger partial charge < -0.3 is 9.84 Å². The first-order valence-corrected chi connectivity index (χ1v) is 8.45. The van der Waals surface area contributed by atoms with Crippen molar-refractivity contribution in [2.75, 3.05) is 7.11 Å². The molecule has 3 heteroatoms. The maximum atomic E-state index is 11.2. The van der Waals surface area contributed by atoms with Crippen LogP contribution in [0.3, 0.4) is 0 Å². The molecule has 0 unspecified atom stereocenters. The molecular weight excluding hydrogens is 376 g/mol. The Labute approximate surface area is 171 Å². The van der Waals surface area contributed by atoms with E-state index in [-0.39, 0.29) is 23.0 Å². The van der Waals surface area contributed by atoms with E-state index in [1.54, 1.807) is 6.08 Å². The summed E-state index contributed by atoms with van der Waals surface area (Å²) in [7, 11) is 1.39. The summed E-state index contributed by atoms with van der Waals surface area (Å²) in [6, 6.07) is 28.7. The maximum absolute atomic E-state index is 11.2. The molecule has 0 aromatic heterocycles. The SMILES string of the molecule is COC([O-])=C1C=CC(c2ccccc2)=C1.[Fe+2].c1ccc(-c2ccc[cH-]2)cc1. The van der Waals surface area contributed by atoms with Crippen molar-refractivity contribution < 1.29 is 26.9 Å². The molecule has 0 amide bonds. The Morgan fingerprint density at radius 3 is 2.00 bits per heavy atom. The second kappa shape index (κ2) is 10.3. The van der Waals surface area contributed by atoms with E-state index in [4.69, 9.17) is 0 Å². The molecule has 27 heavy (non-hydrogen) atoms. The fourth-order valence-corrected chi connectivity index (χ4v) is 2.70. The van der Waals surface area contributed by atoms with E-state index in [9.17, 15) is 5.11 Å². The molecule has 3 aromatic rings. The normalized spacial score (nSPS) is 13.7. The summed E-state index contributed by atoms with van der Waals surface area (Å²) in [6.45, 7) is 0. The first-order chi connectivity index (χ1) is 12.8. The predicted octanol–water partition coefficient (Wildman–Crippen LogP) is 4.93. The fraction of sp³-hybridized carbons (Fsp3) is 0.0417. The van der Waals surface area contributed by atoms with Crippen LogP contribution in [-0.4, -0.2) is 7.11 Å². The standard InChI is InChI=1S/C13H12O2.C11H9.Fe/c1-15-13(14)12-8-7-11(9-12)10-5-3-2-4-6-10;1-2-6-10(7-3-1)11-8-4-5-9-11;/h2-9,14H,1H3;1-9H;/q;-1;+2/p-1. The zero-order valence-corrected chi connectivity index (χ0v) is 16.1. The average Bonchev–Trinajstić information content (AvgIpc) is 3.41. The number of allylic oxidation sites excluding steroid dienone is 5. The molecule has 0 atom stereocenters. The van der Waals surface area contributed by atoms with Gasteiger partial charge in [-0.3, -0.25) is 0 Å². The van der Waals surface area contributed by atoms with Gasteiger partial charge in [0.2, 0.25) is 0 Å². The molecule has 136 valence electrons. The zero-order valence-electron chi connectivity index (χ0n) is 15.0. The Morgan fingerprint density at radius 2 is 1.44 bits per heavy atom. The molecule has 2 nitrogen and oxygen atoms in total. The van der Waals surface area contributed by atoms with Gasteiger partial charge in [-0.1, -0.05) is 72.8 Å². The van der Waals surface area contributed by atoms with Crippen LogP contribution < -0.4 is 5.11 Å². The zero-order chi connectivity index (χ0) is 18.2. The third-order valence-corrected chi connectivity index (χ3v) is 4.05. The molecule has 1 aliphatic carbocycles. The summed E-state index contributed by atoms with van der Waals surface area (Å²) in [6.07, 6.45) is 5.52. The van der Waals surface area contributed by atoms with Gasteiger partial charge in [0.25, 0.3) is 0 Å². The third-order valence-electron chi connectivity index (χ3n) is 4.05. The smallest absolute Gasteiger partial charge is 0.616 e. The van der Waals surface area contributed by atoms with E-state index in [1.165, 1.54) is 18.2 Å². The molecule has 0 fully saturated rings. The quantitative estimate of drug-likeness (QED) is 0.357. The second-order valence-electron chi connectivity index (χ2n) is 5.79. The summed E-state index contributed by atoms with van der Waals surface area (Å²) in [5.74, 6) is -0.294. The third kappa shape index (κ3) is 5.55. The number of hydrogen-bond donors (Lipinski definition) is 0. The van der Waals surface area contributed by atoms with Crippen molar-refractivity contribution in [1.29, 1.82) is 0 Å². The van der Waals surface area contributed by atoms with E-state index in [0.29, 0.717) is 5.57 Å². The minimum atomic E-state index is -0.294. The first-order valence-electron chi connectivity index (χ1n) is 8.45. The Hall–Kier alpha value is -2.87. The van der Waals surface area contributed by atoms with E-state index >= 15 is 0 Å². The van der Waals surface area contributed by atoms with E-state index in [1.807, 2.05) is 48.6 Å². The van der Waals surface area contributed by atoms with Crippen LogP contribution in [0.15, 0.2) is 115 Å². The topological polar surface area (TPSA) is 32.3 Å². The Balaban J connectivity index is 0.000000194. The number of rotatable bonds is 3. The second-order valence-corrected chi connectivity index (χ2v) is 5.79. The summed E-state index contributed by atoms with van der Waals surface area (Å²) in [4.78, 5) is 0. The van der Waals surface area contributed by atoms with Gasteiger partial charge in [0, 0.05) is 0 Å². The van der Waals surface area contributed by atoms with Crippen LogP contribution in [0.4, 0.5) is 0 Å². The van der Waals surface area contributed by atoms with Crippen molar-refractivity contribution in [2.24, 2.45) is 0 Å². The van der Waals surface area contributed by atoms with Gasteiger partial charge in [-0.25, -0.2) is 0 Å². The van der Waals surface area contributed by atoms with Gasteiger partial charge in [0.05, 0.1) is 5.95 Å². The monoisotopic (exact) mass is 396 g/mol. The molecule has 0 saturated carbocycles. The number of benzene rings is 2. The average molecular weight is 396 g/mol. The van der Waals surface area contributed by atoms with Gasteiger partial charge in [0.15, 0.2) is 0 Å². The van der Waals surface area contributed by atoms with Gasteiger partial charge >= 0.3 is 17.1 Å². The fourth-order valence-electron chi connectivity index (χ4n) is 2.70. The molecule has 3 aromatic carbocycles. The molecule has 0 bridgehead atoms. The minimum Gasteiger partial charge on any atom is -0.616 e. The molecular formula is C24H20FeO2. The summed E-state index contributed by atoms with van der Waals surface area (Å²) >= 11 is 0. The van der Waals surface area contributed by atoms with Crippen molar-refractivity contribution in [2.45, 2.75) is 0 Å². The van der Waals surface area contributed by atoms with Crippen LogP contribution in [0.5, 0.6) is 0 Å². The minimum absolute atomic E-state index is 0. The summed E-state index contributed by atoms with van der Waals surface area (Å²) < 4.78 is 4.65. The molecule has 4 rings (SSSR count). The van der Waals surface area contributed by atoms with Crippen molar-refractivity contribution in [3.8, 4) is 11.1 Å². The number of hydrogen-bond acceptors (Lipinski definition) is 2. The van der Waals surface area contributed by atoms with Gasteiger partial charge in [-0.15, -0.1) is 11.6 Å². The molecule has 0 saturated heterocycles. The van der Waals surface area contributed by atoms with E-state index in [0.717, 1.165) is 11.1 Å². The van der Waals surface area contributed by atoms with Crippen LogP contribution in [0, 0.1) is 0 Å². The van der Waals surface area contributed by atoms with E-state index < -0.39 is 0 Å². The van der Waals surface area contributed by atoms with Crippen LogP contribution in [0.1, 0.15) is 5.56 Å². The van der Waals surface area contributed by atoms with Gasteiger partial charge in [-0.05, 0) is 29.9 Å². The molecule has 0 radical (unpaired) electrons. The molecule has 0 aliphatic heterocycles. The maximum Gasteiger partial charge on any atom is 2.00 e. The van der Waals surface area contributed by atoms with Crippen LogP contribution in [0.25, 0.3) is 16.7 Å². The summed E-state index contributed by atoms with van der Waals surface area (Å²) in [5.41, 5.74) is 5.32. The summed E-state index contributed by atoms with van der Waals surface area (Å²) in [5, 5.41) is 11.2. The molecule has 0 heterocycles. The van der Waals surface area contributed by atoms with E-state index in [2.05, 4.69) is 53.3 Å². The largest absolute Gasteiger partial charge is 2.00 e. The van der Waals surface area contributed by atoms with Crippen molar-refractivity contribution in [3.63, 3.8) is 0 Å². The Morgan fingerprint density at radius 1 is 0.815 bits per heavy atom. The van der Waals surface area contributed by atoms with Crippen molar-refractivity contribution in [3.05, 3.63) is 120 Å².